The minimum Gasteiger partial charge on any atom is -0.449 e. The summed E-state index contributed by atoms with van der Waals surface area (Å²) in [5.41, 5.74) is 2.80. The van der Waals surface area contributed by atoms with E-state index in [9.17, 15) is 9.59 Å². The Hall–Kier alpha value is -3.75. The van der Waals surface area contributed by atoms with Gasteiger partial charge in [0.1, 0.15) is 0 Å². The van der Waals surface area contributed by atoms with Crippen LogP contribution in [0.3, 0.4) is 0 Å². The highest BCUT2D eigenvalue weighted by atomic mass is 16.3. The molecule has 1 spiro atoms. The quantitative estimate of drug-likeness (QED) is 0.514. The summed E-state index contributed by atoms with van der Waals surface area (Å²) in [5, 5.41) is 3.88. The van der Waals surface area contributed by atoms with Crippen molar-refractivity contribution in [3.8, 4) is 0 Å². The minimum absolute atomic E-state index is 0.00808. The van der Waals surface area contributed by atoms with Gasteiger partial charge in [-0.05, 0) is 48.8 Å². The summed E-state index contributed by atoms with van der Waals surface area (Å²) in [6.07, 6.45) is 9.45. The Balaban J connectivity index is 1.03. The maximum Gasteiger partial charge on any atom is 0.287 e. The molecule has 2 amide bonds. The Morgan fingerprint density at radius 2 is 2.09 bits per heavy atom. The predicted octanol–water partition coefficient (Wildman–Crippen LogP) is 2.77. The minimum atomic E-state index is -0.197. The average Bonchev–Trinajstić information content (AvgIpc) is 3.18. The summed E-state index contributed by atoms with van der Waals surface area (Å²) in [7, 11) is 0. The molecule has 1 aliphatic heterocycles. The van der Waals surface area contributed by atoms with Crippen LogP contribution in [-0.4, -0.2) is 56.3 Å². The van der Waals surface area contributed by atoms with Crippen LogP contribution in [0.25, 0.3) is 22.1 Å². The number of nitrogens with one attached hydrogen (secondary N) is 2. The van der Waals surface area contributed by atoms with Crippen LogP contribution in [0, 0.1) is 11.3 Å². The Labute approximate surface area is 183 Å². The lowest BCUT2D eigenvalue weighted by molar-refractivity contribution is 0.0668. The zero-order valence-electron chi connectivity index (χ0n) is 17.4. The van der Waals surface area contributed by atoms with Gasteiger partial charge in [0.25, 0.3) is 11.8 Å². The molecule has 0 aromatic carbocycles. The average molecular weight is 430 g/mol. The van der Waals surface area contributed by atoms with E-state index < -0.39 is 0 Å². The molecule has 2 N–H and O–H groups in total. The topological polar surface area (TPSA) is 117 Å². The van der Waals surface area contributed by atoms with Crippen molar-refractivity contribution in [1.82, 2.24) is 30.2 Å². The number of carbonyl (C=O) groups is 2. The molecule has 1 saturated heterocycles. The van der Waals surface area contributed by atoms with Crippen molar-refractivity contribution in [3.63, 3.8) is 0 Å². The molecule has 4 aromatic heterocycles. The third kappa shape index (κ3) is 3.21. The van der Waals surface area contributed by atoms with Crippen LogP contribution < -0.4 is 5.32 Å². The Morgan fingerprint density at radius 3 is 2.94 bits per heavy atom. The highest BCUT2D eigenvalue weighted by Crippen LogP contribution is 2.59. The molecule has 1 aliphatic carbocycles. The first kappa shape index (κ1) is 19.0. The molecule has 2 aliphatic rings. The summed E-state index contributed by atoms with van der Waals surface area (Å²) < 4.78 is 5.59. The Morgan fingerprint density at radius 1 is 1.22 bits per heavy atom. The van der Waals surface area contributed by atoms with Crippen LogP contribution in [0.4, 0.5) is 0 Å². The van der Waals surface area contributed by atoms with Crippen LogP contribution in [0.1, 0.15) is 40.2 Å². The molecular formula is C23H22N6O3. The number of pyridine rings is 2. The molecule has 0 bridgehead atoms. The fourth-order valence-corrected chi connectivity index (χ4v) is 4.92. The summed E-state index contributed by atoms with van der Waals surface area (Å²) in [6.45, 7) is 2.07. The van der Waals surface area contributed by atoms with Gasteiger partial charge >= 0.3 is 0 Å². The first-order chi connectivity index (χ1) is 15.6. The van der Waals surface area contributed by atoms with E-state index in [0.717, 1.165) is 43.3 Å². The molecule has 32 heavy (non-hydrogen) atoms. The SMILES string of the molecule is O=C(NCC1CC12CCN(C(=O)c1cnc3nc[nH]c3c1)CC2)c1cc2ccncc2o1. The zero-order chi connectivity index (χ0) is 21.7. The summed E-state index contributed by atoms with van der Waals surface area (Å²) in [6, 6.07) is 5.38. The molecule has 6 rings (SSSR count). The van der Waals surface area contributed by atoms with Crippen molar-refractivity contribution in [1.29, 1.82) is 0 Å². The van der Waals surface area contributed by atoms with Gasteiger partial charge in [-0.2, -0.15) is 0 Å². The van der Waals surface area contributed by atoms with Gasteiger partial charge in [0, 0.05) is 37.4 Å². The number of nitrogens with zero attached hydrogens (tertiary/aromatic N) is 4. The lowest BCUT2D eigenvalue weighted by Crippen LogP contribution is -2.40. The van der Waals surface area contributed by atoms with Crippen LogP contribution in [0.5, 0.6) is 0 Å². The first-order valence-electron chi connectivity index (χ1n) is 10.8. The van der Waals surface area contributed by atoms with Gasteiger partial charge in [-0.1, -0.05) is 0 Å². The molecule has 162 valence electrons. The van der Waals surface area contributed by atoms with E-state index in [0.29, 0.717) is 35.0 Å². The molecule has 1 saturated carbocycles. The molecule has 1 unspecified atom stereocenters. The second kappa shape index (κ2) is 7.15. The number of rotatable bonds is 4. The van der Waals surface area contributed by atoms with Crippen molar-refractivity contribution in [2.24, 2.45) is 11.3 Å². The highest BCUT2D eigenvalue weighted by Gasteiger charge is 2.54. The number of furan rings is 1. The number of likely N-dealkylation sites (tertiary alicyclic amines) is 1. The lowest BCUT2D eigenvalue weighted by Gasteiger charge is -2.33. The number of imidazole rings is 1. The van der Waals surface area contributed by atoms with Crippen LogP contribution in [0.2, 0.25) is 0 Å². The third-order valence-electron chi connectivity index (χ3n) is 6.98. The number of aromatic nitrogens is 4. The zero-order valence-corrected chi connectivity index (χ0v) is 17.4. The number of hydrogen-bond acceptors (Lipinski definition) is 6. The number of aromatic amines is 1. The highest BCUT2D eigenvalue weighted by molar-refractivity contribution is 5.97. The smallest absolute Gasteiger partial charge is 0.287 e. The largest absolute Gasteiger partial charge is 0.449 e. The van der Waals surface area contributed by atoms with E-state index in [4.69, 9.17) is 4.42 Å². The van der Waals surface area contributed by atoms with Crippen molar-refractivity contribution >= 4 is 33.9 Å². The van der Waals surface area contributed by atoms with Gasteiger partial charge in [0.15, 0.2) is 17.0 Å². The summed E-state index contributed by atoms with van der Waals surface area (Å²) in [4.78, 5) is 42.7. The van der Waals surface area contributed by atoms with Gasteiger partial charge in [-0.25, -0.2) is 9.97 Å². The van der Waals surface area contributed by atoms with Crippen LogP contribution in [-0.2, 0) is 0 Å². The monoisotopic (exact) mass is 430 g/mol. The van der Waals surface area contributed by atoms with Crippen molar-refractivity contribution < 1.29 is 14.0 Å². The molecule has 4 aromatic rings. The lowest BCUT2D eigenvalue weighted by atomic mass is 9.90. The number of H-pyrrole nitrogens is 1. The maximum atomic E-state index is 12.9. The molecule has 9 nitrogen and oxygen atoms in total. The van der Waals surface area contributed by atoms with Gasteiger partial charge in [0.2, 0.25) is 0 Å². The molecule has 0 radical (unpaired) electrons. The van der Waals surface area contributed by atoms with E-state index in [2.05, 4.69) is 25.3 Å². The standard InChI is InChI=1S/C23H22N6O3/c30-21(18-8-14-1-4-24-12-19(14)32-18)26-11-16-9-23(16)2-5-29(6-3-23)22(31)15-7-17-20(25-10-15)28-13-27-17/h1,4,7-8,10,12-13,16H,2-3,5-6,9,11H2,(H,26,30)(H,25,27,28). The Bertz CT molecular complexity index is 1300. The maximum absolute atomic E-state index is 12.9. The second-order valence-corrected chi connectivity index (χ2v) is 8.79. The first-order valence-corrected chi connectivity index (χ1v) is 10.8. The van der Waals surface area contributed by atoms with Crippen LogP contribution >= 0.6 is 0 Å². The van der Waals surface area contributed by atoms with E-state index in [-0.39, 0.29) is 17.2 Å². The number of hydrogen-bond donors (Lipinski definition) is 2. The molecule has 9 heteroatoms. The summed E-state index contributed by atoms with van der Waals surface area (Å²) >= 11 is 0. The van der Waals surface area contributed by atoms with Crippen LogP contribution in [0.15, 0.2) is 47.5 Å². The van der Waals surface area contributed by atoms with E-state index in [1.54, 1.807) is 31.0 Å². The van der Waals surface area contributed by atoms with Gasteiger partial charge < -0.3 is 19.6 Å². The normalized spacial score (nSPS) is 19.5. The molecular weight excluding hydrogens is 408 g/mol. The number of amides is 2. The van der Waals surface area contributed by atoms with Crippen molar-refractivity contribution in [2.75, 3.05) is 19.6 Å². The number of piperidine rings is 1. The molecule has 2 fully saturated rings. The number of fused-ring (bicyclic) bond motifs is 2. The number of carbonyl (C=O) groups excluding carboxylic acids is 2. The van der Waals surface area contributed by atoms with Gasteiger partial charge in [0.05, 0.1) is 23.6 Å². The van der Waals surface area contributed by atoms with Crippen molar-refractivity contribution in [2.45, 2.75) is 19.3 Å². The van der Waals surface area contributed by atoms with E-state index in [1.165, 1.54) is 0 Å². The summed E-state index contributed by atoms with van der Waals surface area (Å²) in [5.74, 6) is 0.565. The van der Waals surface area contributed by atoms with Crippen molar-refractivity contribution in [3.05, 3.63) is 54.4 Å². The predicted molar refractivity (Wildman–Crippen MR) is 116 cm³/mol. The Kier molecular flexibility index (Phi) is 4.24. The van der Waals surface area contributed by atoms with E-state index in [1.807, 2.05) is 17.0 Å². The second-order valence-electron chi connectivity index (χ2n) is 8.79. The van der Waals surface area contributed by atoms with E-state index >= 15 is 0 Å². The third-order valence-corrected chi connectivity index (χ3v) is 6.98. The molecule has 5 heterocycles. The van der Waals surface area contributed by atoms with Gasteiger partial charge in [-0.15, -0.1) is 0 Å². The fourth-order valence-electron chi connectivity index (χ4n) is 4.92. The fraction of sp³-hybridized carbons (Fsp3) is 0.348. The van der Waals surface area contributed by atoms with Gasteiger partial charge in [-0.3, -0.25) is 14.6 Å². The molecule has 1 atom stereocenters.